The van der Waals surface area contributed by atoms with Crippen LogP contribution in [-0.4, -0.2) is 10.4 Å². The third kappa shape index (κ3) is 4.84. The molecule has 16 heavy (non-hydrogen) atoms. The van der Waals surface area contributed by atoms with Crippen molar-refractivity contribution in [2.24, 2.45) is 5.41 Å². The maximum Gasteiger partial charge on any atom is 0.0413 e. The first-order valence-electron chi connectivity index (χ1n) is 5.64. The smallest absolute Gasteiger partial charge is 0.0413 e. The lowest BCUT2D eigenvalue weighted by atomic mass is 9.88. The van der Waals surface area contributed by atoms with Crippen LogP contribution in [0.2, 0.25) is 0 Å². The molecule has 0 saturated heterocycles. The number of alkyl halides is 1. The summed E-state index contributed by atoms with van der Waals surface area (Å²) in [5, 5.41) is 0.239. The van der Waals surface area contributed by atoms with Gasteiger partial charge in [-0.25, -0.2) is 0 Å². The molecule has 0 spiro atoms. The lowest BCUT2D eigenvalue weighted by Crippen LogP contribution is -2.20. The molecular formula is C13H19BrClN. The van der Waals surface area contributed by atoms with Crippen LogP contribution >= 0.6 is 27.5 Å². The molecule has 3 heteroatoms. The lowest BCUT2D eigenvalue weighted by Gasteiger charge is -2.24. The summed E-state index contributed by atoms with van der Waals surface area (Å²) in [4.78, 5) is 4.35. The predicted molar refractivity (Wildman–Crippen MR) is 74.0 cm³/mol. The molecule has 1 nitrogen and oxygen atoms in total. The fourth-order valence-corrected chi connectivity index (χ4v) is 1.84. The Hall–Kier alpha value is -0.0800. The molecule has 90 valence electrons. The van der Waals surface area contributed by atoms with Gasteiger partial charge in [-0.1, -0.05) is 20.8 Å². The number of hydrogen-bond acceptors (Lipinski definition) is 1. The molecule has 0 aliphatic rings. The van der Waals surface area contributed by atoms with E-state index < -0.39 is 0 Å². The van der Waals surface area contributed by atoms with E-state index in [0.29, 0.717) is 0 Å². The first-order valence-corrected chi connectivity index (χ1v) is 6.87. The van der Waals surface area contributed by atoms with E-state index in [2.05, 4.69) is 47.8 Å². The van der Waals surface area contributed by atoms with Gasteiger partial charge in [0.25, 0.3) is 0 Å². The van der Waals surface area contributed by atoms with Gasteiger partial charge in [-0.3, -0.25) is 4.98 Å². The van der Waals surface area contributed by atoms with Crippen LogP contribution in [0.25, 0.3) is 0 Å². The Morgan fingerprint density at radius 1 is 1.38 bits per heavy atom. The molecule has 1 heterocycles. The number of rotatable bonds is 4. The van der Waals surface area contributed by atoms with Crippen molar-refractivity contribution in [3.63, 3.8) is 0 Å². The van der Waals surface area contributed by atoms with Crippen LogP contribution in [0.1, 0.15) is 39.3 Å². The van der Waals surface area contributed by atoms with Gasteiger partial charge < -0.3 is 0 Å². The van der Waals surface area contributed by atoms with E-state index in [4.69, 9.17) is 11.6 Å². The number of nitrogens with zero attached hydrogens (tertiary/aromatic N) is 1. The zero-order chi connectivity index (χ0) is 12.2. The van der Waals surface area contributed by atoms with E-state index in [1.807, 2.05) is 12.3 Å². The third-order valence-corrected chi connectivity index (χ3v) is 3.96. The van der Waals surface area contributed by atoms with Crippen molar-refractivity contribution in [3.05, 3.63) is 28.5 Å². The highest BCUT2D eigenvalue weighted by atomic mass is 79.9. The minimum absolute atomic E-state index is 0.189. The second-order valence-corrected chi connectivity index (χ2v) is 6.64. The molecule has 0 N–H and O–H groups in total. The van der Waals surface area contributed by atoms with E-state index in [1.54, 1.807) is 0 Å². The molecule has 0 aliphatic heterocycles. The Kier molecular flexibility index (Phi) is 5.26. The SMILES string of the molecule is CC(C)(C)C(Cl)CCCc1ccc(Br)cn1. The van der Waals surface area contributed by atoms with Crippen molar-refractivity contribution in [3.8, 4) is 0 Å². The Balaban J connectivity index is 2.33. The summed E-state index contributed by atoms with van der Waals surface area (Å²) in [7, 11) is 0. The van der Waals surface area contributed by atoms with Crippen molar-refractivity contribution in [2.45, 2.75) is 45.4 Å². The van der Waals surface area contributed by atoms with Gasteiger partial charge in [-0.05, 0) is 52.7 Å². The monoisotopic (exact) mass is 303 g/mol. The maximum absolute atomic E-state index is 6.32. The first kappa shape index (κ1) is 14.0. The molecular weight excluding hydrogens is 286 g/mol. The van der Waals surface area contributed by atoms with E-state index >= 15 is 0 Å². The molecule has 1 rings (SSSR count). The van der Waals surface area contributed by atoms with Crippen molar-refractivity contribution in [1.29, 1.82) is 0 Å². The van der Waals surface area contributed by atoms with Crippen LogP contribution < -0.4 is 0 Å². The molecule has 0 fully saturated rings. The number of aryl methyl sites for hydroxylation is 1. The molecule has 0 aromatic carbocycles. The van der Waals surface area contributed by atoms with E-state index in [0.717, 1.165) is 29.4 Å². The lowest BCUT2D eigenvalue weighted by molar-refractivity contribution is 0.368. The fourth-order valence-electron chi connectivity index (χ4n) is 1.45. The number of hydrogen-bond donors (Lipinski definition) is 0. The topological polar surface area (TPSA) is 12.9 Å². The Morgan fingerprint density at radius 3 is 2.56 bits per heavy atom. The van der Waals surface area contributed by atoms with Crippen molar-refractivity contribution in [2.75, 3.05) is 0 Å². The van der Waals surface area contributed by atoms with Gasteiger partial charge in [0.05, 0.1) is 0 Å². The van der Waals surface area contributed by atoms with Crippen LogP contribution in [-0.2, 0) is 6.42 Å². The highest BCUT2D eigenvalue weighted by molar-refractivity contribution is 9.10. The summed E-state index contributed by atoms with van der Waals surface area (Å²) < 4.78 is 1.03. The molecule has 0 amide bonds. The van der Waals surface area contributed by atoms with E-state index in [-0.39, 0.29) is 10.8 Å². The summed E-state index contributed by atoms with van der Waals surface area (Å²) in [6.07, 6.45) is 4.99. The number of halogens is 2. The maximum atomic E-state index is 6.32. The summed E-state index contributed by atoms with van der Waals surface area (Å²) in [6, 6.07) is 4.09. The molecule has 0 saturated carbocycles. The van der Waals surface area contributed by atoms with Crippen molar-refractivity contribution in [1.82, 2.24) is 4.98 Å². The van der Waals surface area contributed by atoms with Gasteiger partial charge >= 0.3 is 0 Å². The second-order valence-electron chi connectivity index (χ2n) is 5.19. The minimum atomic E-state index is 0.189. The molecule has 1 aromatic heterocycles. The number of aromatic nitrogens is 1. The Labute approximate surface area is 112 Å². The van der Waals surface area contributed by atoms with Crippen molar-refractivity contribution >= 4 is 27.5 Å². The van der Waals surface area contributed by atoms with Gasteiger partial charge in [0.15, 0.2) is 0 Å². The van der Waals surface area contributed by atoms with Crippen molar-refractivity contribution < 1.29 is 0 Å². The molecule has 0 bridgehead atoms. The standard InChI is InChI=1S/C13H19BrClN/c1-13(2,3)12(15)6-4-5-11-8-7-10(14)9-16-11/h7-9,12H,4-6H2,1-3H3. The predicted octanol–water partition coefficient (Wildman–Crippen LogP) is 4.82. The highest BCUT2D eigenvalue weighted by Crippen LogP contribution is 2.28. The number of pyridine rings is 1. The van der Waals surface area contributed by atoms with Gasteiger partial charge in [0.2, 0.25) is 0 Å². The summed E-state index contributed by atoms with van der Waals surface area (Å²) in [6.45, 7) is 6.55. The Bertz CT molecular complexity index is 316. The van der Waals surface area contributed by atoms with Crippen LogP contribution in [0.15, 0.2) is 22.8 Å². The van der Waals surface area contributed by atoms with Crippen LogP contribution in [0, 0.1) is 5.41 Å². The summed E-state index contributed by atoms with van der Waals surface area (Å²) >= 11 is 9.70. The van der Waals surface area contributed by atoms with Gasteiger partial charge in [0, 0.05) is 21.7 Å². The normalized spacial score (nSPS) is 13.8. The minimum Gasteiger partial charge on any atom is -0.260 e. The average Bonchev–Trinajstić information content (AvgIpc) is 2.19. The quantitative estimate of drug-likeness (QED) is 0.727. The van der Waals surface area contributed by atoms with Gasteiger partial charge in [-0.15, -0.1) is 11.6 Å². The highest BCUT2D eigenvalue weighted by Gasteiger charge is 2.21. The first-order chi connectivity index (χ1) is 7.39. The van der Waals surface area contributed by atoms with Crippen LogP contribution in [0.4, 0.5) is 0 Å². The molecule has 1 unspecified atom stereocenters. The average molecular weight is 305 g/mol. The second kappa shape index (κ2) is 6.02. The fraction of sp³-hybridized carbons (Fsp3) is 0.615. The molecule has 1 atom stereocenters. The zero-order valence-electron chi connectivity index (χ0n) is 10.1. The Morgan fingerprint density at radius 2 is 2.06 bits per heavy atom. The zero-order valence-corrected chi connectivity index (χ0v) is 12.5. The third-order valence-electron chi connectivity index (χ3n) is 2.62. The van der Waals surface area contributed by atoms with Crippen LogP contribution in [0.5, 0.6) is 0 Å². The molecule has 0 radical (unpaired) electrons. The summed E-state index contributed by atoms with van der Waals surface area (Å²) in [5.41, 5.74) is 1.33. The molecule has 1 aromatic rings. The van der Waals surface area contributed by atoms with E-state index in [1.165, 1.54) is 0 Å². The van der Waals surface area contributed by atoms with E-state index in [9.17, 15) is 0 Å². The van der Waals surface area contributed by atoms with Gasteiger partial charge in [-0.2, -0.15) is 0 Å². The summed E-state index contributed by atoms with van der Waals surface area (Å²) in [5.74, 6) is 0. The molecule has 0 aliphatic carbocycles. The van der Waals surface area contributed by atoms with Crippen LogP contribution in [0.3, 0.4) is 0 Å². The van der Waals surface area contributed by atoms with Gasteiger partial charge in [0.1, 0.15) is 0 Å². The largest absolute Gasteiger partial charge is 0.260 e.